The Morgan fingerprint density at radius 3 is 2.36 bits per heavy atom. The summed E-state index contributed by atoms with van der Waals surface area (Å²) < 4.78 is 27.2. The van der Waals surface area contributed by atoms with Crippen molar-refractivity contribution in [1.29, 1.82) is 0 Å². The number of sulfonamides is 1. The minimum absolute atomic E-state index is 0.0109. The van der Waals surface area contributed by atoms with Crippen LogP contribution < -0.4 is 4.72 Å². The van der Waals surface area contributed by atoms with E-state index in [0.29, 0.717) is 10.0 Å². The van der Waals surface area contributed by atoms with Crippen LogP contribution in [0.4, 0.5) is 0 Å². The summed E-state index contributed by atoms with van der Waals surface area (Å²) in [5.74, 6) is -0.0109. The summed E-state index contributed by atoms with van der Waals surface area (Å²) in [6, 6.07) is 13.6. The van der Waals surface area contributed by atoms with Crippen LogP contribution in [0.25, 0.3) is 0 Å². The van der Waals surface area contributed by atoms with E-state index in [-0.39, 0.29) is 17.4 Å². The van der Waals surface area contributed by atoms with E-state index < -0.39 is 10.0 Å². The lowest BCUT2D eigenvalue weighted by molar-refractivity contribution is 0.566. The molecule has 0 bridgehead atoms. The molecule has 0 radical (unpaired) electrons. The van der Waals surface area contributed by atoms with Gasteiger partial charge in [-0.05, 0) is 42.2 Å². The van der Waals surface area contributed by atoms with E-state index in [4.69, 9.17) is 23.2 Å². The van der Waals surface area contributed by atoms with Crippen LogP contribution in [-0.2, 0) is 10.0 Å². The molecule has 0 fully saturated rings. The van der Waals surface area contributed by atoms with E-state index in [9.17, 15) is 8.42 Å². The Kier molecular flexibility index (Phi) is 5.87. The molecule has 0 aliphatic rings. The fraction of sp³-hybridized carbons (Fsp3) is 0.250. The maximum Gasteiger partial charge on any atom is 0.240 e. The van der Waals surface area contributed by atoms with Crippen molar-refractivity contribution in [1.82, 2.24) is 4.72 Å². The molecular formula is C16H17Cl2NO2S. The van der Waals surface area contributed by atoms with E-state index >= 15 is 0 Å². The summed E-state index contributed by atoms with van der Waals surface area (Å²) >= 11 is 12.1. The second-order valence-corrected chi connectivity index (χ2v) is 7.55. The van der Waals surface area contributed by atoms with E-state index in [1.807, 2.05) is 13.0 Å². The highest BCUT2D eigenvalue weighted by Crippen LogP contribution is 2.29. The predicted molar refractivity (Wildman–Crippen MR) is 91.1 cm³/mol. The minimum Gasteiger partial charge on any atom is -0.211 e. The zero-order valence-corrected chi connectivity index (χ0v) is 14.4. The number of rotatable bonds is 6. The van der Waals surface area contributed by atoms with E-state index in [1.165, 1.54) is 0 Å². The van der Waals surface area contributed by atoms with Crippen LogP contribution in [0.15, 0.2) is 53.4 Å². The Morgan fingerprint density at radius 2 is 1.77 bits per heavy atom. The molecule has 0 heterocycles. The summed E-state index contributed by atoms with van der Waals surface area (Å²) in [7, 11) is -3.51. The molecule has 0 amide bonds. The fourth-order valence-corrected chi connectivity index (χ4v) is 3.87. The molecule has 2 aromatic carbocycles. The SMILES string of the molecule is CCC(CNS(=O)(=O)c1ccccc1)c1ccc(Cl)cc1Cl. The Balaban J connectivity index is 2.15. The Labute approximate surface area is 141 Å². The lowest BCUT2D eigenvalue weighted by atomic mass is 9.97. The molecule has 118 valence electrons. The Hall–Kier alpha value is -1.07. The second kappa shape index (κ2) is 7.47. The Morgan fingerprint density at radius 1 is 1.09 bits per heavy atom. The predicted octanol–water partition coefficient (Wildman–Crippen LogP) is 4.47. The number of halogens is 2. The molecule has 3 nitrogen and oxygen atoms in total. The summed E-state index contributed by atoms with van der Waals surface area (Å²) in [6.45, 7) is 2.28. The number of hydrogen-bond acceptors (Lipinski definition) is 2. The first kappa shape index (κ1) is 17.3. The van der Waals surface area contributed by atoms with Crippen molar-refractivity contribution in [3.8, 4) is 0 Å². The highest BCUT2D eigenvalue weighted by atomic mass is 35.5. The quantitative estimate of drug-likeness (QED) is 0.828. The molecule has 0 aliphatic heterocycles. The van der Waals surface area contributed by atoms with Crippen LogP contribution in [0.2, 0.25) is 10.0 Å². The van der Waals surface area contributed by atoms with Gasteiger partial charge in [0.15, 0.2) is 0 Å². The van der Waals surface area contributed by atoms with Gasteiger partial charge in [0, 0.05) is 16.6 Å². The van der Waals surface area contributed by atoms with Gasteiger partial charge in [-0.1, -0.05) is 54.4 Å². The Bertz CT molecular complexity index is 733. The zero-order chi connectivity index (χ0) is 16.2. The molecule has 2 aromatic rings. The molecule has 6 heteroatoms. The number of benzene rings is 2. The third-order valence-electron chi connectivity index (χ3n) is 3.47. The van der Waals surface area contributed by atoms with Gasteiger partial charge in [-0.2, -0.15) is 0 Å². The fourth-order valence-electron chi connectivity index (χ4n) is 2.20. The first-order valence-corrected chi connectivity index (χ1v) is 9.17. The van der Waals surface area contributed by atoms with Crippen molar-refractivity contribution in [3.05, 3.63) is 64.1 Å². The smallest absolute Gasteiger partial charge is 0.211 e. The summed E-state index contributed by atoms with van der Waals surface area (Å²) in [5, 5.41) is 1.12. The average molecular weight is 358 g/mol. The monoisotopic (exact) mass is 357 g/mol. The maximum absolute atomic E-state index is 12.3. The van der Waals surface area contributed by atoms with Crippen LogP contribution in [0.1, 0.15) is 24.8 Å². The van der Waals surface area contributed by atoms with Crippen molar-refractivity contribution in [2.75, 3.05) is 6.54 Å². The van der Waals surface area contributed by atoms with Crippen molar-refractivity contribution in [2.24, 2.45) is 0 Å². The van der Waals surface area contributed by atoms with Crippen molar-refractivity contribution < 1.29 is 8.42 Å². The standard InChI is InChI=1S/C16H17Cl2NO2S/c1-2-12(15-9-8-13(17)10-16(15)18)11-19-22(20,21)14-6-4-3-5-7-14/h3-10,12,19H,2,11H2,1H3. The van der Waals surface area contributed by atoms with Crippen LogP contribution in [-0.4, -0.2) is 15.0 Å². The number of hydrogen-bond donors (Lipinski definition) is 1. The van der Waals surface area contributed by atoms with Crippen LogP contribution in [0.3, 0.4) is 0 Å². The molecule has 0 aliphatic carbocycles. The summed E-state index contributed by atoms with van der Waals surface area (Å²) in [6.07, 6.45) is 0.763. The lowest BCUT2D eigenvalue weighted by Crippen LogP contribution is -2.28. The van der Waals surface area contributed by atoms with Gasteiger partial charge in [-0.25, -0.2) is 13.1 Å². The van der Waals surface area contributed by atoms with Gasteiger partial charge in [0.2, 0.25) is 10.0 Å². The highest BCUT2D eigenvalue weighted by molar-refractivity contribution is 7.89. The van der Waals surface area contributed by atoms with Gasteiger partial charge in [0.1, 0.15) is 0 Å². The average Bonchev–Trinajstić information content (AvgIpc) is 2.50. The van der Waals surface area contributed by atoms with Crippen molar-refractivity contribution in [3.63, 3.8) is 0 Å². The molecule has 0 spiro atoms. The van der Waals surface area contributed by atoms with Gasteiger partial charge in [-0.15, -0.1) is 0 Å². The first-order valence-electron chi connectivity index (χ1n) is 6.93. The molecule has 0 saturated carbocycles. The topological polar surface area (TPSA) is 46.2 Å². The van der Waals surface area contributed by atoms with E-state index in [1.54, 1.807) is 42.5 Å². The normalized spacial score (nSPS) is 13.0. The van der Waals surface area contributed by atoms with Gasteiger partial charge >= 0.3 is 0 Å². The highest BCUT2D eigenvalue weighted by Gasteiger charge is 2.18. The molecule has 1 atom stereocenters. The van der Waals surface area contributed by atoms with Gasteiger partial charge < -0.3 is 0 Å². The van der Waals surface area contributed by atoms with Crippen LogP contribution in [0, 0.1) is 0 Å². The van der Waals surface area contributed by atoms with E-state index in [0.717, 1.165) is 12.0 Å². The van der Waals surface area contributed by atoms with Gasteiger partial charge in [0.05, 0.1) is 4.90 Å². The van der Waals surface area contributed by atoms with Crippen molar-refractivity contribution >= 4 is 33.2 Å². The maximum atomic E-state index is 12.3. The molecule has 22 heavy (non-hydrogen) atoms. The second-order valence-electron chi connectivity index (χ2n) is 4.94. The van der Waals surface area contributed by atoms with Crippen LogP contribution >= 0.6 is 23.2 Å². The molecule has 0 aromatic heterocycles. The third kappa shape index (κ3) is 4.23. The molecule has 1 unspecified atom stereocenters. The summed E-state index contributed by atoms with van der Waals surface area (Å²) in [4.78, 5) is 0.257. The lowest BCUT2D eigenvalue weighted by Gasteiger charge is -2.18. The van der Waals surface area contributed by atoms with Gasteiger partial charge in [-0.3, -0.25) is 0 Å². The molecule has 1 N–H and O–H groups in total. The largest absolute Gasteiger partial charge is 0.240 e. The molecule has 2 rings (SSSR count). The number of nitrogens with one attached hydrogen (secondary N) is 1. The van der Waals surface area contributed by atoms with Crippen molar-refractivity contribution in [2.45, 2.75) is 24.2 Å². The molecule has 0 saturated heterocycles. The van der Waals surface area contributed by atoms with Crippen LogP contribution in [0.5, 0.6) is 0 Å². The zero-order valence-electron chi connectivity index (χ0n) is 12.1. The summed E-state index contributed by atoms with van der Waals surface area (Å²) in [5.41, 5.74) is 0.893. The minimum atomic E-state index is -3.51. The molecular weight excluding hydrogens is 341 g/mol. The third-order valence-corrected chi connectivity index (χ3v) is 5.47. The van der Waals surface area contributed by atoms with Gasteiger partial charge in [0.25, 0.3) is 0 Å². The first-order chi connectivity index (χ1) is 10.4. The van der Waals surface area contributed by atoms with E-state index in [2.05, 4.69) is 4.72 Å².